The summed E-state index contributed by atoms with van der Waals surface area (Å²) < 4.78 is 5.28. The topological polar surface area (TPSA) is 21.3 Å². The second-order valence-electron chi connectivity index (χ2n) is 7.59. The third kappa shape index (κ3) is 4.39. The quantitative estimate of drug-likeness (QED) is 0.751. The molecule has 0 saturated heterocycles. The van der Waals surface area contributed by atoms with Crippen molar-refractivity contribution in [2.45, 2.75) is 65.8 Å². The van der Waals surface area contributed by atoms with Gasteiger partial charge in [0.05, 0.1) is 7.11 Å². The van der Waals surface area contributed by atoms with Crippen LogP contribution in [0.15, 0.2) is 18.2 Å². The number of hydrogen-bond donors (Lipinski definition) is 1. The zero-order valence-electron chi connectivity index (χ0n) is 14.3. The molecule has 2 nitrogen and oxygen atoms in total. The van der Waals surface area contributed by atoms with Gasteiger partial charge in [0.1, 0.15) is 5.75 Å². The average Bonchev–Trinajstić information content (AvgIpc) is 2.66. The van der Waals surface area contributed by atoms with Crippen LogP contribution in [0.1, 0.15) is 58.4 Å². The molecule has 21 heavy (non-hydrogen) atoms. The summed E-state index contributed by atoms with van der Waals surface area (Å²) in [5.74, 6) is 1.80. The number of benzene rings is 1. The van der Waals surface area contributed by atoms with Crippen LogP contribution in [0.3, 0.4) is 0 Å². The highest BCUT2D eigenvalue weighted by molar-refractivity contribution is 5.54. The van der Waals surface area contributed by atoms with E-state index in [0.717, 1.165) is 11.7 Å². The highest BCUT2D eigenvalue weighted by Gasteiger charge is 2.27. The van der Waals surface area contributed by atoms with Crippen molar-refractivity contribution in [1.82, 2.24) is 0 Å². The van der Waals surface area contributed by atoms with Crippen molar-refractivity contribution in [1.29, 1.82) is 0 Å². The minimum Gasteiger partial charge on any atom is -0.497 e. The standard InChI is InChI=1S/C19H31NO/c1-14-13-17(21-5)11-12-18(14)20-16-8-6-7-15(9-10-16)19(2,3)4/h11-13,15-16,20H,6-10H2,1-5H3. The Hall–Kier alpha value is -1.18. The van der Waals surface area contributed by atoms with Gasteiger partial charge >= 0.3 is 0 Å². The van der Waals surface area contributed by atoms with Gasteiger partial charge < -0.3 is 10.1 Å². The lowest BCUT2D eigenvalue weighted by Crippen LogP contribution is -2.22. The molecule has 1 N–H and O–H groups in total. The lowest BCUT2D eigenvalue weighted by atomic mass is 9.76. The summed E-state index contributed by atoms with van der Waals surface area (Å²) >= 11 is 0. The Balaban J connectivity index is 1.98. The van der Waals surface area contributed by atoms with Crippen molar-refractivity contribution >= 4 is 5.69 Å². The van der Waals surface area contributed by atoms with E-state index >= 15 is 0 Å². The number of methoxy groups -OCH3 is 1. The molecule has 2 heteroatoms. The molecule has 1 aromatic rings. The predicted octanol–water partition coefficient (Wildman–Crippen LogP) is 5.41. The van der Waals surface area contributed by atoms with Crippen LogP contribution in [0.25, 0.3) is 0 Å². The predicted molar refractivity (Wildman–Crippen MR) is 91.2 cm³/mol. The fraction of sp³-hybridized carbons (Fsp3) is 0.684. The number of nitrogens with one attached hydrogen (secondary N) is 1. The molecular weight excluding hydrogens is 258 g/mol. The number of hydrogen-bond acceptors (Lipinski definition) is 2. The number of anilines is 1. The van der Waals surface area contributed by atoms with E-state index < -0.39 is 0 Å². The lowest BCUT2D eigenvalue weighted by Gasteiger charge is -2.29. The maximum absolute atomic E-state index is 5.28. The Bertz CT molecular complexity index is 461. The molecule has 0 amide bonds. The summed E-state index contributed by atoms with van der Waals surface area (Å²) in [5.41, 5.74) is 2.98. The monoisotopic (exact) mass is 289 g/mol. The molecule has 0 bridgehead atoms. The van der Waals surface area contributed by atoms with Crippen molar-refractivity contribution in [3.8, 4) is 5.75 Å². The fourth-order valence-corrected chi connectivity index (χ4v) is 3.46. The molecular formula is C19H31NO. The van der Waals surface area contributed by atoms with E-state index in [4.69, 9.17) is 4.74 Å². The van der Waals surface area contributed by atoms with Crippen LogP contribution in [-0.2, 0) is 0 Å². The van der Waals surface area contributed by atoms with Crippen LogP contribution in [-0.4, -0.2) is 13.2 Å². The maximum Gasteiger partial charge on any atom is 0.119 e. The Kier molecular flexibility index (Phi) is 5.18. The Morgan fingerprint density at radius 3 is 2.48 bits per heavy atom. The molecule has 1 aromatic carbocycles. The molecule has 1 fully saturated rings. The third-order valence-electron chi connectivity index (χ3n) is 4.99. The van der Waals surface area contributed by atoms with Crippen molar-refractivity contribution in [2.24, 2.45) is 11.3 Å². The Labute approximate surface area is 130 Å². The first kappa shape index (κ1) is 16.2. The highest BCUT2D eigenvalue weighted by Crippen LogP contribution is 2.37. The number of rotatable bonds is 3. The van der Waals surface area contributed by atoms with Crippen LogP contribution >= 0.6 is 0 Å². The molecule has 1 saturated carbocycles. The minimum atomic E-state index is 0.449. The third-order valence-corrected chi connectivity index (χ3v) is 4.99. The zero-order chi connectivity index (χ0) is 15.5. The van der Waals surface area contributed by atoms with Gasteiger partial charge in [-0.2, -0.15) is 0 Å². The second-order valence-corrected chi connectivity index (χ2v) is 7.59. The van der Waals surface area contributed by atoms with Gasteiger partial charge in [0, 0.05) is 11.7 Å². The van der Waals surface area contributed by atoms with Gasteiger partial charge in [-0.05, 0) is 67.7 Å². The van der Waals surface area contributed by atoms with E-state index in [2.05, 4.69) is 45.1 Å². The number of ether oxygens (including phenoxy) is 1. The summed E-state index contributed by atoms with van der Waals surface area (Å²) in [6.07, 6.45) is 6.64. The fourth-order valence-electron chi connectivity index (χ4n) is 3.46. The molecule has 2 rings (SSSR count). The van der Waals surface area contributed by atoms with Gasteiger partial charge in [0.25, 0.3) is 0 Å². The van der Waals surface area contributed by atoms with E-state index in [0.29, 0.717) is 11.5 Å². The summed E-state index contributed by atoms with van der Waals surface area (Å²) in [7, 11) is 1.72. The van der Waals surface area contributed by atoms with Gasteiger partial charge in [0.15, 0.2) is 0 Å². The van der Waals surface area contributed by atoms with Gasteiger partial charge in [-0.3, -0.25) is 0 Å². The van der Waals surface area contributed by atoms with Gasteiger partial charge in [-0.25, -0.2) is 0 Å². The molecule has 0 heterocycles. The summed E-state index contributed by atoms with van der Waals surface area (Å²) in [6, 6.07) is 6.92. The molecule has 2 atom stereocenters. The molecule has 0 aromatic heterocycles. The second kappa shape index (κ2) is 6.72. The highest BCUT2D eigenvalue weighted by atomic mass is 16.5. The van der Waals surface area contributed by atoms with Crippen LogP contribution in [0.4, 0.5) is 5.69 Å². The summed E-state index contributed by atoms with van der Waals surface area (Å²) in [6.45, 7) is 9.32. The molecule has 118 valence electrons. The maximum atomic E-state index is 5.28. The first-order valence-electron chi connectivity index (χ1n) is 8.31. The van der Waals surface area contributed by atoms with E-state index in [1.54, 1.807) is 7.11 Å². The first-order valence-corrected chi connectivity index (χ1v) is 8.31. The average molecular weight is 289 g/mol. The van der Waals surface area contributed by atoms with E-state index in [-0.39, 0.29) is 0 Å². The van der Waals surface area contributed by atoms with Gasteiger partial charge in [-0.15, -0.1) is 0 Å². The van der Waals surface area contributed by atoms with Crippen LogP contribution in [0, 0.1) is 18.3 Å². The molecule has 0 aliphatic heterocycles. The molecule has 2 unspecified atom stereocenters. The van der Waals surface area contributed by atoms with E-state index in [1.807, 2.05) is 6.07 Å². The summed E-state index contributed by atoms with van der Waals surface area (Å²) in [4.78, 5) is 0. The zero-order valence-corrected chi connectivity index (χ0v) is 14.3. The molecule has 0 spiro atoms. The first-order chi connectivity index (χ1) is 9.90. The van der Waals surface area contributed by atoms with E-state index in [1.165, 1.54) is 43.4 Å². The Morgan fingerprint density at radius 2 is 1.86 bits per heavy atom. The summed E-state index contributed by atoms with van der Waals surface area (Å²) in [5, 5.41) is 3.76. The van der Waals surface area contributed by atoms with Gasteiger partial charge in [0.2, 0.25) is 0 Å². The van der Waals surface area contributed by atoms with Crippen LogP contribution in [0.2, 0.25) is 0 Å². The van der Waals surface area contributed by atoms with Crippen LogP contribution < -0.4 is 10.1 Å². The van der Waals surface area contributed by atoms with Crippen molar-refractivity contribution in [2.75, 3.05) is 12.4 Å². The largest absolute Gasteiger partial charge is 0.497 e. The van der Waals surface area contributed by atoms with Crippen LogP contribution in [0.5, 0.6) is 5.75 Å². The number of aryl methyl sites for hydroxylation is 1. The minimum absolute atomic E-state index is 0.449. The molecule has 1 aliphatic rings. The SMILES string of the molecule is COc1ccc(NC2CCCC(C(C)(C)C)CC2)c(C)c1. The molecule has 0 radical (unpaired) electrons. The van der Waals surface area contributed by atoms with E-state index in [9.17, 15) is 0 Å². The normalized spacial score (nSPS) is 23.5. The van der Waals surface area contributed by atoms with Crippen molar-refractivity contribution in [3.05, 3.63) is 23.8 Å². The van der Waals surface area contributed by atoms with Gasteiger partial charge in [-0.1, -0.05) is 27.2 Å². The van der Waals surface area contributed by atoms with Crippen molar-refractivity contribution < 1.29 is 4.74 Å². The molecule has 1 aliphatic carbocycles. The Morgan fingerprint density at radius 1 is 1.10 bits per heavy atom. The lowest BCUT2D eigenvalue weighted by molar-refractivity contribution is 0.214. The smallest absolute Gasteiger partial charge is 0.119 e. The van der Waals surface area contributed by atoms with Crippen molar-refractivity contribution in [3.63, 3.8) is 0 Å².